The van der Waals surface area contributed by atoms with Crippen molar-refractivity contribution in [3.63, 3.8) is 0 Å². The first-order valence-electron chi connectivity index (χ1n) is 6.92. The summed E-state index contributed by atoms with van der Waals surface area (Å²) in [7, 11) is 0. The Morgan fingerprint density at radius 3 is 3.05 bits per heavy atom. The number of hydrogen-bond donors (Lipinski definition) is 0. The van der Waals surface area contributed by atoms with E-state index < -0.39 is 0 Å². The van der Waals surface area contributed by atoms with E-state index in [-0.39, 0.29) is 24.1 Å². The van der Waals surface area contributed by atoms with Crippen LogP contribution in [0.3, 0.4) is 0 Å². The summed E-state index contributed by atoms with van der Waals surface area (Å²) in [6, 6.07) is 0. The second kappa shape index (κ2) is 6.10. The molecule has 1 aliphatic heterocycles. The maximum absolute atomic E-state index is 11.5. The van der Waals surface area contributed by atoms with Crippen LogP contribution in [0.15, 0.2) is 5.38 Å². The van der Waals surface area contributed by atoms with Crippen LogP contribution in [0.1, 0.15) is 33.4 Å². The first-order valence-corrected chi connectivity index (χ1v) is 7.80. The van der Waals surface area contributed by atoms with Crippen molar-refractivity contribution in [3.8, 4) is 0 Å². The number of carbonyl (C=O) groups is 1. The molecule has 0 aromatic carbocycles. The van der Waals surface area contributed by atoms with Crippen molar-refractivity contribution in [1.82, 2.24) is 4.98 Å². The van der Waals surface area contributed by atoms with Crippen LogP contribution in [0.4, 0.5) is 5.13 Å². The molecule has 0 aliphatic carbocycles. The van der Waals surface area contributed by atoms with Gasteiger partial charge in [0, 0.05) is 18.5 Å². The van der Waals surface area contributed by atoms with Gasteiger partial charge in [-0.25, -0.2) is 4.98 Å². The summed E-state index contributed by atoms with van der Waals surface area (Å²) in [5, 5.41) is 2.88. The molecule has 1 saturated heterocycles. The largest absolute Gasteiger partial charge is 0.466 e. The fourth-order valence-corrected chi connectivity index (χ4v) is 3.32. The lowest BCUT2D eigenvalue weighted by molar-refractivity contribution is -0.142. The van der Waals surface area contributed by atoms with Crippen LogP contribution in [-0.2, 0) is 20.7 Å². The minimum atomic E-state index is -0.222. The Hall–Kier alpha value is -1.14. The molecule has 1 aromatic rings. The molecule has 112 valence electrons. The Kier molecular flexibility index (Phi) is 4.65. The predicted molar refractivity (Wildman–Crippen MR) is 79.3 cm³/mol. The number of aromatic nitrogens is 1. The van der Waals surface area contributed by atoms with Crippen LogP contribution < -0.4 is 4.90 Å². The molecule has 2 heterocycles. The van der Waals surface area contributed by atoms with Crippen LogP contribution in [0.5, 0.6) is 0 Å². The van der Waals surface area contributed by atoms with Gasteiger partial charge in [-0.2, -0.15) is 0 Å². The number of nitrogens with zero attached hydrogens (tertiary/aromatic N) is 2. The van der Waals surface area contributed by atoms with E-state index in [1.807, 2.05) is 12.3 Å². The molecule has 20 heavy (non-hydrogen) atoms. The second-order valence-electron chi connectivity index (χ2n) is 5.67. The average Bonchev–Trinajstić information content (AvgIpc) is 2.75. The summed E-state index contributed by atoms with van der Waals surface area (Å²) in [6.45, 7) is 10.1. The zero-order valence-electron chi connectivity index (χ0n) is 12.5. The van der Waals surface area contributed by atoms with Gasteiger partial charge in [0.05, 0.1) is 30.4 Å². The molecule has 6 heteroatoms. The van der Waals surface area contributed by atoms with E-state index in [0.29, 0.717) is 6.61 Å². The Morgan fingerprint density at radius 1 is 1.65 bits per heavy atom. The van der Waals surface area contributed by atoms with Gasteiger partial charge < -0.3 is 14.4 Å². The monoisotopic (exact) mass is 298 g/mol. The Bertz CT molecular complexity index is 473. The van der Waals surface area contributed by atoms with E-state index in [0.717, 1.165) is 23.9 Å². The van der Waals surface area contributed by atoms with Gasteiger partial charge >= 0.3 is 5.97 Å². The van der Waals surface area contributed by atoms with E-state index >= 15 is 0 Å². The number of hydrogen-bond acceptors (Lipinski definition) is 6. The third kappa shape index (κ3) is 3.93. The molecule has 0 N–H and O–H groups in total. The summed E-state index contributed by atoms with van der Waals surface area (Å²) in [4.78, 5) is 18.2. The molecular weight excluding hydrogens is 276 g/mol. The molecule has 5 nitrogen and oxygen atoms in total. The van der Waals surface area contributed by atoms with Gasteiger partial charge in [0.2, 0.25) is 0 Å². The number of anilines is 1. The SMILES string of the molecule is CCOC(=O)Cc1csc(N2CC(C)OC(C)(C)C2)n1. The maximum atomic E-state index is 11.5. The molecule has 1 aromatic heterocycles. The Morgan fingerprint density at radius 2 is 2.40 bits per heavy atom. The van der Waals surface area contributed by atoms with E-state index in [2.05, 4.69) is 30.7 Å². The van der Waals surface area contributed by atoms with Crippen LogP contribution in [0, 0.1) is 0 Å². The molecule has 0 saturated carbocycles. The molecule has 1 fully saturated rings. The average molecular weight is 298 g/mol. The highest BCUT2D eigenvalue weighted by Crippen LogP contribution is 2.28. The number of carbonyl (C=O) groups excluding carboxylic acids is 1. The summed E-state index contributed by atoms with van der Waals surface area (Å²) in [6.07, 6.45) is 0.421. The van der Waals surface area contributed by atoms with Gasteiger partial charge in [0.1, 0.15) is 0 Å². The fourth-order valence-electron chi connectivity index (χ4n) is 2.48. The molecule has 2 rings (SSSR count). The highest BCUT2D eigenvalue weighted by molar-refractivity contribution is 7.13. The normalized spacial score (nSPS) is 21.8. The van der Waals surface area contributed by atoms with Gasteiger partial charge in [0.15, 0.2) is 5.13 Å². The summed E-state index contributed by atoms with van der Waals surface area (Å²) in [5.74, 6) is -0.222. The molecule has 1 unspecified atom stereocenters. The molecular formula is C14H22N2O3S. The third-order valence-corrected chi connectivity index (χ3v) is 3.96. The summed E-state index contributed by atoms with van der Waals surface area (Å²) >= 11 is 1.57. The van der Waals surface area contributed by atoms with Crippen LogP contribution in [0.25, 0.3) is 0 Å². The van der Waals surface area contributed by atoms with E-state index in [9.17, 15) is 4.79 Å². The molecule has 0 bridgehead atoms. The number of rotatable bonds is 4. The molecule has 0 radical (unpaired) electrons. The lowest BCUT2D eigenvalue weighted by Crippen LogP contribution is -2.52. The van der Waals surface area contributed by atoms with Crippen molar-refractivity contribution in [2.75, 3.05) is 24.6 Å². The molecule has 0 amide bonds. The van der Waals surface area contributed by atoms with Crippen molar-refractivity contribution in [1.29, 1.82) is 0 Å². The Labute approximate surface area is 123 Å². The zero-order valence-corrected chi connectivity index (χ0v) is 13.3. The lowest BCUT2D eigenvalue weighted by atomic mass is 10.1. The van der Waals surface area contributed by atoms with Crippen molar-refractivity contribution in [2.45, 2.75) is 45.8 Å². The van der Waals surface area contributed by atoms with Crippen molar-refractivity contribution in [3.05, 3.63) is 11.1 Å². The molecule has 0 spiro atoms. The minimum absolute atomic E-state index is 0.176. The fraction of sp³-hybridized carbons (Fsp3) is 0.714. The van der Waals surface area contributed by atoms with E-state index in [4.69, 9.17) is 9.47 Å². The quantitative estimate of drug-likeness (QED) is 0.798. The van der Waals surface area contributed by atoms with Gasteiger partial charge in [-0.3, -0.25) is 4.79 Å². The second-order valence-corrected chi connectivity index (χ2v) is 6.51. The molecule has 1 atom stereocenters. The lowest BCUT2D eigenvalue weighted by Gasteiger charge is -2.41. The smallest absolute Gasteiger partial charge is 0.311 e. The summed E-state index contributed by atoms with van der Waals surface area (Å²) < 4.78 is 10.8. The number of ether oxygens (including phenoxy) is 2. The van der Waals surface area contributed by atoms with Crippen molar-refractivity contribution < 1.29 is 14.3 Å². The molecule has 1 aliphatic rings. The standard InChI is InChI=1S/C14H22N2O3S/c1-5-18-12(17)6-11-8-20-13(15-11)16-7-10(2)19-14(3,4)9-16/h8,10H,5-7,9H2,1-4H3. The van der Waals surface area contributed by atoms with Crippen molar-refractivity contribution in [2.24, 2.45) is 0 Å². The first-order chi connectivity index (χ1) is 9.39. The highest BCUT2D eigenvalue weighted by Gasteiger charge is 2.32. The van der Waals surface area contributed by atoms with E-state index in [1.165, 1.54) is 0 Å². The number of esters is 1. The highest BCUT2D eigenvalue weighted by atomic mass is 32.1. The van der Waals surface area contributed by atoms with Gasteiger partial charge in [-0.15, -0.1) is 11.3 Å². The number of thiazole rings is 1. The topological polar surface area (TPSA) is 51.7 Å². The van der Waals surface area contributed by atoms with Crippen LogP contribution in [0.2, 0.25) is 0 Å². The van der Waals surface area contributed by atoms with Gasteiger partial charge in [-0.1, -0.05) is 0 Å². The zero-order chi connectivity index (χ0) is 14.8. The van der Waals surface area contributed by atoms with Crippen molar-refractivity contribution >= 4 is 22.4 Å². The van der Waals surface area contributed by atoms with Gasteiger partial charge in [-0.05, 0) is 27.7 Å². The number of morpholine rings is 1. The maximum Gasteiger partial charge on any atom is 0.311 e. The summed E-state index contributed by atoms with van der Waals surface area (Å²) in [5.41, 5.74) is 0.602. The first kappa shape index (κ1) is 15.3. The van der Waals surface area contributed by atoms with Crippen LogP contribution >= 0.6 is 11.3 Å². The minimum Gasteiger partial charge on any atom is -0.466 e. The van der Waals surface area contributed by atoms with Crippen LogP contribution in [-0.4, -0.2) is 42.4 Å². The third-order valence-electron chi connectivity index (χ3n) is 3.01. The Balaban J connectivity index is 2.03. The predicted octanol–water partition coefficient (Wildman–Crippen LogP) is 2.25. The van der Waals surface area contributed by atoms with E-state index in [1.54, 1.807) is 11.3 Å². The van der Waals surface area contributed by atoms with Gasteiger partial charge in [0.25, 0.3) is 0 Å².